The van der Waals surface area contributed by atoms with E-state index in [-0.39, 0.29) is 17.6 Å². The van der Waals surface area contributed by atoms with E-state index in [4.69, 9.17) is 4.74 Å². The van der Waals surface area contributed by atoms with Gasteiger partial charge in [0.05, 0.1) is 12.2 Å². The fraction of sp³-hybridized carbons (Fsp3) is 0.867. The first-order valence-electron chi connectivity index (χ1n) is 6.84. The van der Waals surface area contributed by atoms with Crippen molar-refractivity contribution in [1.29, 1.82) is 0 Å². The Bertz CT molecular complexity index is 194. The van der Waals surface area contributed by atoms with E-state index in [2.05, 4.69) is 27.4 Å². The number of allylic oxidation sites excluding steroid dienone is 1. The first-order valence-corrected chi connectivity index (χ1v) is 6.84. The third-order valence-corrected chi connectivity index (χ3v) is 2.96. The number of ether oxygens (including phenoxy) is 1. The molecule has 0 rings (SSSR count). The Morgan fingerprint density at radius 3 is 2.35 bits per heavy atom. The summed E-state index contributed by atoms with van der Waals surface area (Å²) in [5.41, 5.74) is -0.00343. The molecule has 2 heteroatoms. The molecule has 0 fully saturated rings. The van der Waals surface area contributed by atoms with Crippen LogP contribution in [0.4, 0.5) is 0 Å². The normalized spacial score (nSPS) is 15.6. The molecule has 0 aliphatic carbocycles. The number of aliphatic hydroxyl groups is 1. The second-order valence-electron chi connectivity index (χ2n) is 5.74. The summed E-state index contributed by atoms with van der Waals surface area (Å²) in [5.74, 6) is 0. The van der Waals surface area contributed by atoms with Gasteiger partial charge in [-0.05, 0) is 31.6 Å². The summed E-state index contributed by atoms with van der Waals surface area (Å²) in [5, 5.41) is 10.2. The lowest BCUT2D eigenvalue weighted by Crippen LogP contribution is -2.40. The van der Waals surface area contributed by atoms with Gasteiger partial charge in [0.25, 0.3) is 0 Å². The van der Waals surface area contributed by atoms with Crippen molar-refractivity contribution in [1.82, 2.24) is 0 Å². The molecule has 2 nitrogen and oxygen atoms in total. The van der Waals surface area contributed by atoms with E-state index in [0.717, 1.165) is 25.7 Å². The molecule has 0 saturated carbocycles. The third kappa shape index (κ3) is 7.56. The van der Waals surface area contributed by atoms with E-state index >= 15 is 0 Å². The number of hydrogen-bond donors (Lipinski definition) is 1. The largest absolute Gasteiger partial charge is 0.390 e. The van der Waals surface area contributed by atoms with Gasteiger partial charge >= 0.3 is 0 Å². The maximum Gasteiger partial charge on any atom is 0.0881 e. The lowest BCUT2D eigenvalue weighted by molar-refractivity contribution is -0.0908. The fourth-order valence-corrected chi connectivity index (χ4v) is 2.09. The number of unbranched alkanes of at least 4 members (excludes halogenated alkanes) is 3. The van der Waals surface area contributed by atoms with Crippen LogP contribution in [0, 0.1) is 5.41 Å². The van der Waals surface area contributed by atoms with E-state index in [1.807, 2.05) is 13.0 Å². The summed E-state index contributed by atoms with van der Waals surface area (Å²) in [6.07, 6.45) is 6.84. The molecule has 0 aliphatic heterocycles. The molecule has 0 aliphatic rings. The third-order valence-electron chi connectivity index (χ3n) is 2.96. The number of hydrogen-bond acceptors (Lipinski definition) is 2. The molecule has 0 bridgehead atoms. The van der Waals surface area contributed by atoms with Crippen molar-refractivity contribution in [3.8, 4) is 0 Å². The van der Waals surface area contributed by atoms with Gasteiger partial charge in [0, 0.05) is 6.61 Å². The second kappa shape index (κ2) is 8.71. The van der Waals surface area contributed by atoms with Gasteiger partial charge in [-0.3, -0.25) is 0 Å². The summed E-state index contributed by atoms with van der Waals surface area (Å²) in [7, 11) is 0. The molecule has 102 valence electrons. The van der Waals surface area contributed by atoms with Gasteiger partial charge in [0.2, 0.25) is 0 Å². The Morgan fingerprint density at radius 1 is 1.24 bits per heavy atom. The Morgan fingerprint density at radius 2 is 1.88 bits per heavy atom. The minimum atomic E-state index is -0.348. The van der Waals surface area contributed by atoms with E-state index in [1.54, 1.807) is 0 Å². The van der Waals surface area contributed by atoms with Crippen LogP contribution in [0.15, 0.2) is 12.7 Å². The molecule has 0 heterocycles. The van der Waals surface area contributed by atoms with E-state index in [1.165, 1.54) is 6.42 Å². The quantitative estimate of drug-likeness (QED) is 0.490. The number of rotatable bonds is 9. The molecule has 17 heavy (non-hydrogen) atoms. The van der Waals surface area contributed by atoms with Crippen LogP contribution >= 0.6 is 0 Å². The van der Waals surface area contributed by atoms with Gasteiger partial charge in [-0.15, -0.1) is 6.58 Å². The summed E-state index contributed by atoms with van der Waals surface area (Å²) in [6, 6.07) is 0. The molecule has 2 unspecified atom stereocenters. The minimum absolute atomic E-state index is 0.00343. The van der Waals surface area contributed by atoms with Crippen LogP contribution in [0.1, 0.15) is 59.8 Å². The Labute approximate surface area is 107 Å². The van der Waals surface area contributed by atoms with Gasteiger partial charge in [-0.1, -0.05) is 39.7 Å². The second-order valence-corrected chi connectivity index (χ2v) is 5.74. The van der Waals surface area contributed by atoms with Gasteiger partial charge in [-0.25, -0.2) is 0 Å². The predicted molar refractivity (Wildman–Crippen MR) is 74.2 cm³/mol. The molecule has 0 amide bonds. The molecule has 2 atom stereocenters. The van der Waals surface area contributed by atoms with Crippen LogP contribution in [0.3, 0.4) is 0 Å². The maximum atomic E-state index is 10.2. The van der Waals surface area contributed by atoms with Crippen LogP contribution in [-0.2, 0) is 4.74 Å². The van der Waals surface area contributed by atoms with Crippen molar-refractivity contribution in [2.24, 2.45) is 5.41 Å². The van der Waals surface area contributed by atoms with E-state index in [0.29, 0.717) is 6.61 Å². The summed E-state index contributed by atoms with van der Waals surface area (Å²) >= 11 is 0. The number of aliphatic hydroxyl groups excluding tert-OH is 1. The molecule has 0 radical (unpaired) electrons. The first-order chi connectivity index (χ1) is 7.93. The smallest absolute Gasteiger partial charge is 0.0881 e. The van der Waals surface area contributed by atoms with Crippen LogP contribution < -0.4 is 0 Å². The standard InChI is InChI=1S/C15H30O2/c1-6-8-9-10-11-12-13(16)14(17-7-2)15(3,4)5/h6,13-14,16H,1,7-12H2,2-5H3. The molecule has 0 aromatic heterocycles. The SMILES string of the molecule is C=CCCCCCC(O)C(OCC)C(C)(C)C. The van der Waals surface area contributed by atoms with Gasteiger partial charge < -0.3 is 9.84 Å². The predicted octanol–water partition coefficient (Wildman–Crippen LogP) is 3.94. The molecule has 1 N–H and O–H groups in total. The zero-order valence-corrected chi connectivity index (χ0v) is 12.0. The lowest BCUT2D eigenvalue weighted by Gasteiger charge is -2.34. The Kier molecular flexibility index (Phi) is 8.53. The first kappa shape index (κ1) is 16.7. The molecular weight excluding hydrogens is 212 g/mol. The summed E-state index contributed by atoms with van der Waals surface area (Å²) in [6.45, 7) is 12.7. The van der Waals surface area contributed by atoms with Crippen molar-refractivity contribution in [2.75, 3.05) is 6.61 Å². The zero-order chi connectivity index (χ0) is 13.3. The van der Waals surface area contributed by atoms with Crippen LogP contribution in [0.2, 0.25) is 0 Å². The van der Waals surface area contributed by atoms with Crippen molar-refractivity contribution < 1.29 is 9.84 Å². The maximum absolute atomic E-state index is 10.2. The Hall–Kier alpha value is -0.340. The molecule has 0 spiro atoms. The average Bonchev–Trinajstić information content (AvgIpc) is 2.23. The monoisotopic (exact) mass is 242 g/mol. The summed E-state index contributed by atoms with van der Waals surface area (Å²) < 4.78 is 5.68. The molecule has 0 aromatic rings. The zero-order valence-electron chi connectivity index (χ0n) is 12.0. The molecular formula is C15H30O2. The van der Waals surface area contributed by atoms with E-state index < -0.39 is 0 Å². The van der Waals surface area contributed by atoms with Gasteiger partial charge in [0.1, 0.15) is 0 Å². The van der Waals surface area contributed by atoms with Crippen molar-refractivity contribution in [3.05, 3.63) is 12.7 Å². The van der Waals surface area contributed by atoms with Crippen molar-refractivity contribution >= 4 is 0 Å². The van der Waals surface area contributed by atoms with E-state index in [9.17, 15) is 5.11 Å². The molecule has 0 saturated heterocycles. The Balaban J connectivity index is 3.97. The highest BCUT2D eigenvalue weighted by molar-refractivity contribution is 4.81. The van der Waals surface area contributed by atoms with Crippen molar-refractivity contribution in [3.63, 3.8) is 0 Å². The average molecular weight is 242 g/mol. The highest BCUT2D eigenvalue weighted by Crippen LogP contribution is 2.27. The van der Waals surface area contributed by atoms with Crippen molar-refractivity contribution in [2.45, 2.75) is 72.0 Å². The van der Waals surface area contributed by atoms with Crippen LogP contribution in [0.25, 0.3) is 0 Å². The summed E-state index contributed by atoms with van der Waals surface area (Å²) in [4.78, 5) is 0. The highest BCUT2D eigenvalue weighted by atomic mass is 16.5. The molecule has 0 aromatic carbocycles. The highest BCUT2D eigenvalue weighted by Gasteiger charge is 2.31. The van der Waals surface area contributed by atoms with Gasteiger partial charge in [-0.2, -0.15) is 0 Å². The minimum Gasteiger partial charge on any atom is -0.390 e. The van der Waals surface area contributed by atoms with Crippen LogP contribution in [-0.4, -0.2) is 23.9 Å². The fourth-order valence-electron chi connectivity index (χ4n) is 2.09. The van der Waals surface area contributed by atoms with Gasteiger partial charge in [0.15, 0.2) is 0 Å². The topological polar surface area (TPSA) is 29.5 Å². The lowest BCUT2D eigenvalue weighted by atomic mass is 9.84. The van der Waals surface area contributed by atoms with Crippen LogP contribution in [0.5, 0.6) is 0 Å².